The lowest BCUT2D eigenvalue weighted by molar-refractivity contribution is 0.0500. The smallest absolute Gasteiger partial charge is 0.291 e. The van der Waals surface area contributed by atoms with Crippen LogP contribution in [0.4, 0.5) is 0 Å². The number of hydrogen-bond donors (Lipinski definition) is 1. The monoisotopic (exact) mass is 300 g/mol. The van der Waals surface area contributed by atoms with Gasteiger partial charge < -0.3 is 15.1 Å². The van der Waals surface area contributed by atoms with Crippen LogP contribution in [0.15, 0.2) is 21.2 Å². The zero-order chi connectivity index (χ0) is 12.4. The van der Waals surface area contributed by atoms with Gasteiger partial charge in [-0.3, -0.25) is 4.79 Å². The number of nitrogens with zero attached hydrogens (tertiary/aromatic N) is 1. The number of furan rings is 1. The molecule has 1 aromatic heterocycles. The molecule has 4 nitrogen and oxygen atoms in total. The minimum Gasteiger partial charge on any atom is -0.458 e. The topological polar surface area (TPSA) is 59.5 Å². The van der Waals surface area contributed by atoms with E-state index in [-0.39, 0.29) is 11.9 Å². The third kappa shape index (κ3) is 2.40. The first-order valence-electron chi connectivity index (χ1n) is 5.89. The summed E-state index contributed by atoms with van der Waals surface area (Å²) in [6, 6.07) is 1.85. The van der Waals surface area contributed by atoms with Crippen molar-refractivity contribution in [2.45, 2.75) is 25.8 Å². The third-order valence-corrected chi connectivity index (χ3v) is 4.05. The summed E-state index contributed by atoms with van der Waals surface area (Å²) in [5, 5.41) is 0. The fourth-order valence-electron chi connectivity index (χ4n) is 2.44. The summed E-state index contributed by atoms with van der Waals surface area (Å²) in [5.74, 6) is 0.757. The molecule has 17 heavy (non-hydrogen) atoms. The van der Waals surface area contributed by atoms with E-state index in [2.05, 4.69) is 22.9 Å². The van der Waals surface area contributed by atoms with Crippen molar-refractivity contribution in [3.8, 4) is 0 Å². The molecule has 1 fully saturated rings. The van der Waals surface area contributed by atoms with Crippen LogP contribution in [0.3, 0.4) is 0 Å². The Balaban J connectivity index is 2.21. The summed E-state index contributed by atoms with van der Waals surface area (Å²) < 4.78 is 5.93. The molecule has 1 aliphatic rings. The van der Waals surface area contributed by atoms with Crippen LogP contribution in [-0.4, -0.2) is 29.9 Å². The van der Waals surface area contributed by atoms with Gasteiger partial charge in [0.2, 0.25) is 5.76 Å². The minimum atomic E-state index is -0.0659. The Morgan fingerprint density at radius 3 is 3.06 bits per heavy atom. The minimum absolute atomic E-state index is 0.0659. The van der Waals surface area contributed by atoms with Crippen LogP contribution in [0.5, 0.6) is 0 Å². The lowest BCUT2D eigenvalue weighted by atomic mass is 9.90. The summed E-state index contributed by atoms with van der Waals surface area (Å²) in [5.41, 5.74) is 5.78. The maximum absolute atomic E-state index is 12.3. The highest BCUT2D eigenvalue weighted by Crippen LogP contribution is 2.27. The summed E-state index contributed by atoms with van der Waals surface area (Å²) in [6.45, 7) is 3.41. The predicted molar refractivity (Wildman–Crippen MR) is 68.7 cm³/mol. The van der Waals surface area contributed by atoms with Gasteiger partial charge in [-0.25, -0.2) is 0 Å². The van der Waals surface area contributed by atoms with Crippen molar-refractivity contribution in [3.63, 3.8) is 0 Å². The van der Waals surface area contributed by atoms with Crippen LogP contribution in [0.2, 0.25) is 0 Å². The second kappa shape index (κ2) is 5.23. The molecule has 2 rings (SSSR count). The second-order valence-corrected chi connectivity index (χ2v) is 5.37. The van der Waals surface area contributed by atoms with E-state index >= 15 is 0 Å². The first kappa shape index (κ1) is 12.6. The van der Waals surface area contributed by atoms with Gasteiger partial charge in [0.1, 0.15) is 0 Å². The van der Waals surface area contributed by atoms with Gasteiger partial charge in [0.05, 0.1) is 10.7 Å². The molecular weight excluding hydrogens is 284 g/mol. The highest BCUT2D eigenvalue weighted by molar-refractivity contribution is 9.10. The summed E-state index contributed by atoms with van der Waals surface area (Å²) >= 11 is 3.32. The lowest BCUT2D eigenvalue weighted by Gasteiger charge is -2.39. The SMILES string of the molecule is CC1CCCN(C(=O)c2occc2Br)C1CN. The number of piperidine rings is 1. The van der Waals surface area contributed by atoms with Crippen molar-refractivity contribution < 1.29 is 9.21 Å². The highest BCUT2D eigenvalue weighted by atomic mass is 79.9. The van der Waals surface area contributed by atoms with Crippen LogP contribution in [0, 0.1) is 5.92 Å². The number of carbonyl (C=O) groups is 1. The quantitative estimate of drug-likeness (QED) is 0.911. The zero-order valence-corrected chi connectivity index (χ0v) is 11.4. The van der Waals surface area contributed by atoms with Crippen LogP contribution < -0.4 is 5.73 Å². The largest absolute Gasteiger partial charge is 0.458 e. The van der Waals surface area contributed by atoms with Gasteiger partial charge in [-0.1, -0.05) is 6.92 Å². The first-order chi connectivity index (χ1) is 8.15. The summed E-state index contributed by atoms with van der Waals surface area (Å²) in [7, 11) is 0. The number of nitrogens with two attached hydrogens (primary N) is 1. The lowest BCUT2D eigenvalue weighted by Crippen LogP contribution is -2.51. The van der Waals surface area contributed by atoms with E-state index < -0.39 is 0 Å². The molecule has 2 N–H and O–H groups in total. The second-order valence-electron chi connectivity index (χ2n) is 4.52. The van der Waals surface area contributed by atoms with E-state index in [9.17, 15) is 4.79 Å². The van der Waals surface area contributed by atoms with Crippen LogP contribution >= 0.6 is 15.9 Å². The van der Waals surface area contributed by atoms with Crippen LogP contribution in [0.1, 0.15) is 30.3 Å². The summed E-state index contributed by atoms with van der Waals surface area (Å²) in [4.78, 5) is 14.2. The van der Waals surface area contributed by atoms with Crippen molar-refractivity contribution in [2.24, 2.45) is 11.7 Å². The maximum Gasteiger partial charge on any atom is 0.291 e. The molecule has 2 heterocycles. The molecule has 1 aliphatic heterocycles. The molecule has 0 saturated carbocycles. The van der Waals surface area contributed by atoms with E-state index in [4.69, 9.17) is 10.2 Å². The molecule has 2 unspecified atom stereocenters. The van der Waals surface area contributed by atoms with Crippen molar-refractivity contribution in [1.82, 2.24) is 4.90 Å². The van der Waals surface area contributed by atoms with E-state index in [0.717, 1.165) is 19.4 Å². The molecular formula is C12H17BrN2O2. The van der Waals surface area contributed by atoms with Gasteiger partial charge in [-0.05, 0) is 40.8 Å². The fourth-order valence-corrected chi connectivity index (χ4v) is 2.81. The van der Waals surface area contributed by atoms with Gasteiger partial charge in [0, 0.05) is 19.1 Å². The molecule has 0 radical (unpaired) electrons. The normalized spacial score (nSPS) is 25.0. The average molecular weight is 301 g/mol. The number of halogens is 1. The molecule has 0 aliphatic carbocycles. The first-order valence-corrected chi connectivity index (χ1v) is 6.68. The molecule has 94 valence electrons. The van der Waals surface area contributed by atoms with Crippen molar-refractivity contribution in [1.29, 1.82) is 0 Å². The number of carbonyl (C=O) groups excluding carboxylic acids is 1. The number of rotatable bonds is 2. The summed E-state index contributed by atoms with van der Waals surface area (Å²) in [6.07, 6.45) is 3.68. The molecule has 5 heteroatoms. The Morgan fingerprint density at radius 1 is 1.71 bits per heavy atom. The van der Waals surface area contributed by atoms with E-state index in [1.165, 1.54) is 6.26 Å². The Kier molecular flexibility index (Phi) is 3.89. The zero-order valence-electron chi connectivity index (χ0n) is 9.86. The molecule has 0 bridgehead atoms. The van der Waals surface area contributed by atoms with Gasteiger partial charge in [0.25, 0.3) is 5.91 Å². The molecule has 1 amide bonds. The third-order valence-electron chi connectivity index (χ3n) is 3.43. The Morgan fingerprint density at radius 2 is 2.47 bits per heavy atom. The molecule has 2 atom stereocenters. The number of likely N-dealkylation sites (tertiary alicyclic amines) is 1. The fraction of sp³-hybridized carbons (Fsp3) is 0.583. The maximum atomic E-state index is 12.3. The van der Waals surface area contributed by atoms with Crippen LogP contribution in [-0.2, 0) is 0 Å². The van der Waals surface area contributed by atoms with Gasteiger partial charge in [-0.2, -0.15) is 0 Å². The predicted octanol–water partition coefficient (Wildman–Crippen LogP) is 2.24. The van der Waals surface area contributed by atoms with Crippen molar-refractivity contribution >= 4 is 21.8 Å². The van der Waals surface area contributed by atoms with Gasteiger partial charge in [-0.15, -0.1) is 0 Å². The average Bonchev–Trinajstić information content (AvgIpc) is 2.74. The van der Waals surface area contributed by atoms with E-state index in [1.807, 2.05) is 4.90 Å². The Labute approximate surface area is 109 Å². The van der Waals surface area contributed by atoms with Crippen molar-refractivity contribution in [2.75, 3.05) is 13.1 Å². The van der Waals surface area contributed by atoms with Crippen molar-refractivity contribution in [3.05, 3.63) is 22.6 Å². The van der Waals surface area contributed by atoms with E-state index in [1.54, 1.807) is 6.07 Å². The molecule has 1 saturated heterocycles. The van der Waals surface area contributed by atoms with Gasteiger partial charge >= 0.3 is 0 Å². The highest BCUT2D eigenvalue weighted by Gasteiger charge is 2.33. The van der Waals surface area contributed by atoms with Crippen LogP contribution in [0.25, 0.3) is 0 Å². The standard InChI is InChI=1S/C12H17BrN2O2/c1-8-3-2-5-15(10(8)7-14)12(16)11-9(13)4-6-17-11/h4,6,8,10H,2-3,5,7,14H2,1H3. The van der Waals surface area contributed by atoms with E-state index in [0.29, 0.717) is 22.7 Å². The Bertz CT molecular complexity index is 405. The molecule has 1 aromatic rings. The number of amides is 1. The van der Waals surface area contributed by atoms with Gasteiger partial charge in [0.15, 0.2) is 0 Å². The number of hydrogen-bond acceptors (Lipinski definition) is 3. The Hall–Kier alpha value is -0.810. The molecule has 0 spiro atoms. The molecule has 0 aromatic carbocycles.